The molecule has 1 saturated heterocycles. The summed E-state index contributed by atoms with van der Waals surface area (Å²) in [4.78, 5) is 28.1. The van der Waals surface area contributed by atoms with Gasteiger partial charge in [0.2, 0.25) is 0 Å². The van der Waals surface area contributed by atoms with Gasteiger partial charge >= 0.3 is 6.03 Å². The number of ether oxygens (including phenoxy) is 2. The van der Waals surface area contributed by atoms with E-state index < -0.39 is 0 Å². The Bertz CT molecular complexity index is 1050. The number of nitrogens with zero attached hydrogens (tertiary/aromatic N) is 3. The molecule has 0 spiro atoms. The van der Waals surface area contributed by atoms with Crippen molar-refractivity contribution in [3.05, 3.63) is 60.4 Å². The highest BCUT2D eigenvalue weighted by molar-refractivity contribution is 6.12. The first-order valence-electron chi connectivity index (χ1n) is 9.02. The fraction of sp³-hybridized carbons (Fsp3) is 0.190. The molecule has 1 aromatic heterocycles. The monoisotopic (exact) mass is 392 g/mol. The van der Waals surface area contributed by atoms with Gasteiger partial charge in [-0.1, -0.05) is 12.1 Å². The number of benzene rings is 2. The zero-order valence-electron chi connectivity index (χ0n) is 16.1. The van der Waals surface area contributed by atoms with E-state index >= 15 is 0 Å². The highest BCUT2D eigenvalue weighted by Gasteiger charge is 2.37. The van der Waals surface area contributed by atoms with Crippen LogP contribution in [0, 0.1) is 0 Å². The van der Waals surface area contributed by atoms with Gasteiger partial charge in [-0.25, -0.2) is 4.79 Å². The zero-order chi connectivity index (χ0) is 20.4. The molecule has 1 aliphatic rings. The molecule has 0 saturated carbocycles. The molecule has 0 aliphatic carbocycles. The second kappa shape index (κ2) is 7.67. The molecule has 0 atom stereocenters. The normalized spacial score (nSPS) is 13.9. The van der Waals surface area contributed by atoms with Crippen LogP contribution in [-0.4, -0.2) is 47.8 Å². The van der Waals surface area contributed by atoms with E-state index in [0.717, 1.165) is 16.7 Å². The summed E-state index contributed by atoms with van der Waals surface area (Å²) in [5.74, 6) is 1.02. The van der Waals surface area contributed by atoms with Crippen molar-refractivity contribution < 1.29 is 19.1 Å². The minimum Gasteiger partial charge on any atom is -0.497 e. The second-order valence-electron chi connectivity index (χ2n) is 6.57. The van der Waals surface area contributed by atoms with Gasteiger partial charge in [-0.15, -0.1) is 0 Å². The number of anilines is 1. The smallest absolute Gasteiger partial charge is 0.332 e. The number of aromatic nitrogens is 2. The average Bonchev–Trinajstić information content (AvgIpc) is 3.38. The number of imide groups is 1. The van der Waals surface area contributed by atoms with Gasteiger partial charge in [-0.2, -0.15) is 5.10 Å². The van der Waals surface area contributed by atoms with Gasteiger partial charge in [0.25, 0.3) is 5.91 Å². The Labute approximate surface area is 167 Å². The molecule has 2 aromatic carbocycles. The van der Waals surface area contributed by atoms with Crippen molar-refractivity contribution in [2.24, 2.45) is 0 Å². The molecule has 8 nitrogen and oxygen atoms in total. The molecule has 3 aromatic rings. The van der Waals surface area contributed by atoms with Crippen LogP contribution in [0.25, 0.3) is 11.1 Å². The number of carbonyl (C=O) groups excluding carboxylic acids is 2. The van der Waals surface area contributed by atoms with E-state index in [1.165, 1.54) is 9.80 Å². The third-order valence-corrected chi connectivity index (χ3v) is 4.84. The lowest BCUT2D eigenvalue weighted by molar-refractivity contribution is -0.125. The Balaban J connectivity index is 1.58. The van der Waals surface area contributed by atoms with E-state index in [4.69, 9.17) is 9.47 Å². The number of hydrogen-bond donors (Lipinski definition) is 1. The summed E-state index contributed by atoms with van der Waals surface area (Å²) in [5, 5.41) is 6.72. The highest BCUT2D eigenvalue weighted by Crippen LogP contribution is 2.34. The van der Waals surface area contributed by atoms with Crippen LogP contribution < -0.4 is 14.4 Å². The van der Waals surface area contributed by atoms with Gasteiger partial charge < -0.3 is 9.47 Å². The molecule has 1 aliphatic heterocycles. The van der Waals surface area contributed by atoms with E-state index in [1.54, 1.807) is 38.7 Å². The third kappa shape index (κ3) is 3.52. The topological polar surface area (TPSA) is 87.8 Å². The van der Waals surface area contributed by atoms with Gasteiger partial charge in [-0.05, 0) is 29.8 Å². The number of carbonyl (C=O) groups is 2. The molecule has 0 unspecified atom stereocenters. The second-order valence-corrected chi connectivity index (χ2v) is 6.57. The Morgan fingerprint density at radius 3 is 2.69 bits per heavy atom. The Kier molecular flexibility index (Phi) is 4.90. The van der Waals surface area contributed by atoms with E-state index in [2.05, 4.69) is 10.2 Å². The molecule has 0 bridgehead atoms. The van der Waals surface area contributed by atoms with Gasteiger partial charge in [-0.3, -0.25) is 19.7 Å². The first kappa shape index (κ1) is 18.5. The quantitative estimate of drug-likeness (QED) is 0.652. The number of rotatable bonds is 6. The SMILES string of the molecule is COc1cccc(CN2C(=O)CN(c3ccc(-c4cn[nH]c4)c(OC)c3)C2=O)c1. The van der Waals surface area contributed by atoms with Crippen LogP contribution in [0.4, 0.5) is 10.5 Å². The van der Waals surface area contributed by atoms with E-state index in [1.807, 2.05) is 30.3 Å². The Hall–Kier alpha value is -3.81. The summed E-state index contributed by atoms with van der Waals surface area (Å²) in [5.41, 5.74) is 3.13. The molecule has 148 valence electrons. The number of aromatic amines is 1. The van der Waals surface area contributed by atoms with Gasteiger partial charge in [0.15, 0.2) is 0 Å². The Morgan fingerprint density at radius 1 is 1.10 bits per heavy atom. The first-order chi connectivity index (χ1) is 14.1. The number of H-pyrrole nitrogens is 1. The number of hydrogen-bond acceptors (Lipinski definition) is 5. The van der Waals surface area contributed by atoms with Crippen LogP contribution in [-0.2, 0) is 11.3 Å². The molecule has 29 heavy (non-hydrogen) atoms. The molecule has 3 amide bonds. The molecule has 8 heteroatoms. The van der Waals surface area contributed by atoms with Crippen molar-refractivity contribution in [2.45, 2.75) is 6.54 Å². The highest BCUT2D eigenvalue weighted by atomic mass is 16.5. The van der Waals surface area contributed by atoms with Gasteiger partial charge in [0.1, 0.15) is 18.0 Å². The van der Waals surface area contributed by atoms with E-state index in [9.17, 15) is 9.59 Å². The van der Waals surface area contributed by atoms with E-state index in [0.29, 0.717) is 17.2 Å². The maximum atomic E-state index is 12.9. The standard InChI is InChI=1S/C21H20N4O4/c1-28-17-5-3-4-14(8-17)12-25-20(26)13-24(21(25)27)16-6-7-18(19(9-16)29-2)15-10-22-23-11-15/h3-11H,12-13H2,1-2H3,(H,22,23). The zero-order valence-corrected chi connectivity index (χ0v) is 16.1. The fourth-order valence-electron chi connectivity index (χ4n) is 3.34. The molecule has 1 fully saturated rings. The van der Waals surface area contributed by atoms with E-state index in [-0.39, 0.29) is 25.0 Å². The lowest BCUT2D eigenvalue weighted by atomic mass is 10.1. The van der Waals surface area contributed by atoms with Crippen LogP contribution in [0.2, 0.25) is 0 Å². The minimum atomic E-state index is -0.365. The number of methoxy groups -OCH3 is 2. The van der Waals surface area contributed by atoms with Crippen LogP contribution in [0.5, 0.6) is 11.5 Å². The maximum absolute atomic E-state index is 12.9. The van der Waals surface area contributed by atoms with Crippen molar-refractivity contribution in [2.75, 3.05) is 25.7 Å². The lowest BCUT2D eigenvalue weighted by Crippen LogP contribution is -2.32. The largest absolute Gasteiger partial charge is 0.497 e. The summed E-state index contributed by atoms with van der Waals surface area (Å²) < 4.78 is 10.7. The number of nitrogens with one attached hydrogen (secondary N) is 1. The first-order valence-corrected chi connectivity index (χ1v) is 9.02. The van der Waals surface area contributed by atoms with Gasteiger partial charge in [0.05, 0.1) is 27.0 Å². The van der Waals surface area contributed by atoms with Crippen LogP contribution >= 0.6 is 0 Å². The third-order valence-electron chi connectivity index (χ3n) is 4.84. The van der Waals surface area contributed by atoms with Crippen molar-refractivity contribution in [3.63, 3.8) is 0 Å². The van der Waals surface area contributed by atoms with Crippen molar-refractivity contribution >= 4 is 17.6 Å². The predicted molar refractivity (Wildman–Crippen MR) is 107 cm³/mol. The minimum absolute atomic E-state index is 0.0169. The summed E-state index contributed by atoms with van der Waals surface area (Å²) in [6.45, 7) is 0.173. The maximum Gasteiger partial charge on any atom is 0.332 e. The molecule has 2 heterocycles. The summed E-state index contributed by atoms with van der Waals surface area (Å²) in [6, 6.07) is 12.3. The molecule has 1 N–H and O–H groups in total. The van der Waals surface area contributed by atoms with Crippen LogP contribution in [0.1, 0.15) is 5.56 Å². The fourth-order valence-corrected chi connectivity index (χ4v) is 3.34. The Morgan fingerprint density at radius 2 is 1.97 bits per heavy atom. The summed E-state index contributed by atoms with van der Waals surface area (Å²) >= 11 is 0. The van der Waals surface area contributed by atoms with Crippen molar-refractivity contribution in [3.8, 4) is 22.6 Å². The molecular weight excluding hydrogens is 372 g/mol. The van der Waals surface area contributed by atoms with Crippen molar-refractivity contribution in [1.82, 2.24) is 15.1 Å². The molecular formula is C21H20N4O4. The molecule has 4 rings (SSSR count). The lowest BCUT2D eigenvalue weighted by Gasteiger charge is -2.19. The van der Waals surface area contributed by atoms with Crippen molar-refractivity contribution in [1.29, 1.82) is 0 Å². The summed E-state index contributed by atoms with van der Waals surface area (Å²) in [6.07, 6.45) is 3.45. The average molecular weight is 392 g/mol. The van der Waals surface area contributed by atoms with Crippen LogP contribution in [0.3, 0.4) is 0 Å². The number of amides is 3. The predicted octanol–water partition coefficient (Wildman–Crippen LogP) is 3.06. The van der Waals surface area contributed by atoms with Gasteiger partial charge in [0, 0.05) is 29.1 Å². The number of urea groups is 1. The summed E-state index contributed by atoms with van der Waals surface area (Å²) in [7, 11) is 3.14. The van der Waals surface area contributed by atoms with Crippen LogP contribution in [0.15, 0.2) is 54.9 Å². The molecule has 0 radical (unpaired) electrons.